The summed E-state index contributed by atoms with van der Waals surface area (Å²) in [7, 11) is 0. The van der Waals surface area contributed by atoms with Crippen LogP contribution in [0.2, 0.25) is 0 Å². The van der Waals surface area contributed by atoms with Crippen molar-refractivity contribution >= 4 is 0 Å². The average Bonchev–Trinajstić information content (AvgIpc) is 2.34. The molecule has 1 saturated heterocycles. The smallest absolute Gasteiger partial charge is 0.157 e. The molecule has 0 spiro atoms. The van der Waals surface area contributed by atoms with Gasteiger partial charge < -0.3 is 9.47 Å². The van der Waals surface area contributed by atoms with Crippen LogP contribution in [-0.4, -0.2) is 19.5 Å². The zero-order chi connectivity index (χ0) is 6.53. The fourth-order valence-corrected chi connectivity index (χ4v) is 0.929. The Morgan fingerprint density at radius 3 is 3.11 bits per heavy atom. The molecule has 0 aliphatic carbocycles. The fourth-order valence-electron chi connectivity index (χ4n) is 0.929. The molecule has 0 aromatic carbocycles. The van der Waals surface area contributed by atoms with Gasteiger partial charge in [0, 0.05) is 19.6 Å². The second kappa shape index (κ2) is 3.85. The molecule has 1 fully saturated rings. The average molecular weight is 130 g/mol. The molecule has 0 aromatic rings. The molecule has 9 heavy (non-hydrogen) atoms. The van der Waals surface area contributed by atoms with Gasteiger partial charge in [0.1, 0.15) is 0 Å². The van der Waals surface area contributed by atoms with E-state index in [0.717, 1.165) is 32.5 Å². The first-order valence-electron chi connectivity index (χ1n) is 3.66. The van der Waals surface area contributed by atoms with Crippen molar-refractivity contribution in [3.8, 4) is 0 Å². The van der Waals surface area contributed by atoms with Crippen LogP contribution in [0.25, 0.3) is 0 Å². The first-order valence-corrected chi connectivity index (χ1v) is 3.66. The van der Waals surface area contributed by atoms with Crippen LogP contribution in [0.1, 0.15) is 26.2 Å². The second-order valence-electron chi connectivity index (χ2n) is 2.31. The van der Waals surface area contributed by atoms with Gasteiger partial charge in [0.15, 0.2) is 6.29 Å². The van der Waals surface area contributed by atoms with Crippen LogP contribution in [0, 0.1) is 0 Å². The predicted octanol–water partition coefficient (Wildman–Crippen LogP) is 1.55. The van der Waals surface area contributed by atoms with Gasteiger partial charge in [-0.25, -0.2) is 0 Å². The topological polar surface area (TPSA) is 18.5 Å². The number of rotatable bonds is 3. The Kier molecular flexibility index (Phi) is 3.01. The van der Waals surface area contributed by atoms with E-state index in [1.54, 1.807) is 0 Å². The molecule has 0 radical (unpaired) electrons. The number of ether oxygens (including phenoxy) is 2. The lowest BCUT2D eigenvalue weighted by Crippen LogP contribution is -2.10. The van der Waals surface area contributed by atoms with Gasteiger partial charge in [0.25, 0.3) is 0 Å². The molecule has 1 aliphatic heterocycles. The molecule has 0 amide bonds. The summed E-state index contributed by atoms with van der Waals surface area (Å²) in [6, 6.07) is 0. The van der Waals surface area contributed by atoms with Crippen molar-refractivity contribution in [2.45, 2.75) is 32.5 Å². The van der Waals surface area contributed by atoms with Crippen LogP contribution in [0.3, 0.4) is 0 Å². The van der Waals surface area contributed by atoms with Crippen molar-refractivity contribution in [3.63, 3.8) is 0 Å². The van der Waals surface area contributed by atoms with Crippen LogP contribution in [-0.2, 0) is 9.47 Å². The number of hydrogen-bond acceptors (Lipinski definition) is 2. The number of hydrogen-bond donors (Lipinski definition) is 0. The Hall–Kier alpha value is -0.0800. The highest BCUT2D eigenvalue weighted by Gasteiger charge is 2.14. The summed E-state index contributed by atoms with van der Waals surface area (Å²) < 4.78 is 10.6. The molecular weight excluding hydrogens is 116 g/mol. The highest BCUT2D eigenvalue weighted by Crippen LogP contribution is 2.12. The SMILES string of the molecule is CCCO[C@@H]1CCCO1. The monoisotopic (exact) mass is 130 g/mol. The van der Waals surface area contributed by atoms with Crippen LogP contribution < -0.4 is 0 Å². The maximum atomic E-state index is 5.33. The van der Waals surface area contributed by atoms with Gasteiger partial charge in [-0.1, -0.05) is 6.92 Å². The van der Waals surface area contributed by atoms with Crippen molar-refractivity contribution in [1.82, 2.24) is 0 Å². The Balaban J connectivity index is 1.98. The van der Waals surface area contributed by atoms with Gasteiger partial charge in [0.2, 0.25) is 0 Å². The minimum absolute atomic E-state index is 0.116. The Morgan fingerprint density at radius 2 is 2.56 bits per heavy atom. The second-order valence-corrected chi connectivity index (χ2v) is 2.31. The molecule has 2 nitrogen and oxygen atoms in total. The quantitative estimate of drug-likeness (QED) is 0.577. The van der Waals surface area contributed by atoms with Crippen molar-refractivity contribution in [3.05, 3.63) is 0 Å². The maximum absolute atomic E-state index is 5.33. The summed E-state index contributed by atoms with van der Waals surface area (Å²) in [5.41, 5.74) is 0. The van der Waals surface area contributed by atoms with Crippen LogP contribution >= 0.6 is 0 Å². The van der Waals surface area contributed by atoms with E-state index < -0.39 is 0 Å². The highest BCUT2D eigenvalue weighted by molar-refractivity contribution is 4.53. The van der Waals surface area contributed by atoms with Gasteiger partial charge in [-0.3, -0.25) is 0 Å². The maximum Gasteiger partial charge on any atom is 0.157 e. The van der Waals surface area contributed by atoms with E-state index in [9.17, 15) is 0 Å². The largest absolute Gasteiger partial charge is 0.353 e. The first-order chi connectivity index (χ1) is 4.43. The molecule has 0 unspecified atom stereocenters. The van der Waals surface area contributed by atoms with E-state index in [-0.39, 0.29) is 6.29 Å². The molecule has 1 atom stereocenters. The zero-order valence-corrected chi connectivity index (χ0v) is 5.93. The Bertz CT molecular complexity index is 67.3. The van der Waals surface area contributed by atoms with Gasteiger partial charge in [-0.2, -0.15) is 0 Å². The third-order valence-electron chi connectivity index (χ3n) is 1.40. The van der Waals surface area contributed by atoms with Crippen molar-refractivity contribution in [2.75, 3.05) is 13.2 Å². The van der Waals surface area contributed by atoms with E-state index in [4.69, 9.17) is 9.47 Å². The standard InChI is InChI=1S/C7H14O2/c1-2-5-8-7-4-3-6-9-7/h7H,2-6H2,1H3/t7-/m0/s1. The molecule has 0 aromatic heterocycles. The van der Waals surface area contributed by atoms with E-state index in [2.05, 4.69) is 6.92 Å². The first kappa shape index (κ1) is 7.03. The van der Waals surface area contributed by atoms with E-state index in [1.807, 2.05) is 0 Å². The molecule has 1 heterocycles. The molecular formula is C7H14O2. The summed E-state index contributed by atoms with van der Waals surface area (Å²) in [5, 5.41) is 0. The van der Waals surface area contributed by atoms with Gasteiger partial charge in [-0.05, 0) is 12.8 Å². The third-order valence-corrected chi connectivity index (χ3v) is 1.40. The van der Waals surface area contributed by atoms with Gasteiger partial charge in [-0.15, -0.1) is 0 Å². The minimum Gasteiger partial charge on any atom is -0.353 e. The van der Waals surface area contributed by atoms with E-state index in [0.29, 0.717) is 0 Å². The minimum atomic E-state index is 0.116. The van der Waals surface area contributed by atoms with Crippen molar-refractivity contribution in [1.29, 1.82) is 0 Å². The molecule has 0 saturated carbocycles. The zero-order valence-electron chi connectivity index (χ0n) is 5.93. The molecule has 54 valence electrons. The van der Waals surface area contributed by atoms with Gasteiger partial charge >= 0.3 is 0 Å². The summed E-state index contributed by atoms with van der Waals surface area (Å²) in [6.07, 6.45) is 3.44. The summed E-state index contributed by atoms with van der Waals surface area (Å²) >= 11 is 0. The molecule has 1 aliphatic rings. The lowest BCUT2D eigenvalue weighted by Gasteiger charge is -2.08. The Labute approximate surface area is 56.2 Å². The van der Waals surface area contributed by atoms with Crippen LogP contribution in [0.5, 0.6) is 0 Å². The molecule has 1 rings (SSSR count). The third kappa shape index (κ3) is 2.33. The van der Waals surface area contributed by atoms with E-state index in [1.165, 1.54) is 0 Å². The lowest BCUT2D eigenvalue weighted by molar-refractivity contribution is -0.110. The van der Waals surface area contributed by atoms with Crippen molar-refractivity contribution < 1.29 is 9.47 Å². The van der Waals surface area contributed by atoms with Crippen LogP contribution in [0.4, 0.5) is 0 Å². The predicted molar refractivity (Wildman–Crippen MR) is 35.2 cm³/mol. The van der Waals surface area contributed by atoms with Gasteiger partial charge in [0.05, 0.1) is 0 Å². The van der Waals surface area contributed by atoms with Crippen molar-refractivity contribution in [2.24, 2.45) is 0 Å². The summed E-state index contributed by atoms with van der Waals surface area (Å²) in [4.78, 5) is 0. The van der Waals surface area contributed by atoms with E-state index >= 15 is 0 Å². The fraction of sp³-hybridized carbons (Fsp3) is 1.00. The lowest BCUT2D eigenvalue weighted by atomic mass is 10.4. The Morgan fingerprint density at radius 1 is 1.67 bits per heavy atom. The summed E-state index contributed by atoms with van der Waals surface area (Å²) in [5.74, 6) is 0. The summed E-state index contributed by atoms with van der Waals surface area (Å²) in [6.45, 7) is 3.83. The normalized spacial score (nSPS) is 27.0. The highest BCUT2D eigenvalue weighted by atomic mass is 16.7. The molecule has 0 N–H and O–H groups in total. The molecule has 2 heteroatoms. The van der Waals surface area contributed by atoms with Crippen LogP contribution in [0.15, 0.2) is 0 Å². The molecule has 0 bridgehead atoms.